The molecule has 0 saturated heterocycles. The van der Waals surface area contributed by atoms with Gasteiger partial charge in [0, 0.05) is 13.1 Å². The first kappa shape index (κ1) is 37.2. The van der Waals surface area contributed by atoms with Crippen molar-refractivity contribution in [2.45, 2.75) is 130 Å². The highest BCUT2D eigenvalue weighted by Gasteiger charge is 2.50. The largest absolute Gasteiger partial charge is 0.448 e. The van der Waals surface area contributed by atoms with Crippen LogP contribution in [0.15, 0.2) is 48.3 Å². The molecule has 0 radical (unpaired) electrons. The molecule has 0 N–H and O–H groups in total. The summed E-state index contributed by atoms with van der Waals surface area (Å²) in [6, 6.07) is 7.83. The molecule has 2 aliphatic rings. The maximum absolute atomic E-state index is 14.7. The van der Waals surface area contributed by atoms with Crippen LogP contribution in [0, 0.1) is 11.8 Å². The van der Waals surface area contributed by atoms with Crippen molar-refractivity contribution in [3.63, 3.8) is 0 Å². The zero-order chi connectivity index (χ0) is 33.1. The van der Waals surface area contributed by atoms with Crippen molar-refractivity contribution in [3.8, 4) is 0 Å². The molecule has 2 amide bonds. The van der Waals surface area contributed by atoms with E-state index in [2.05, 4.69) is 65.6 Å². The van der Waals surface area contributed by atoms with Crippen LogP contribution < -0.4 is 0 Å². The highest BCUT2D eigenvalue weighted by atomic mass is 79.9. The van der Waals surface area contributed by atoms with E-state index in [1.165, 1.54) is 51.4 Å². The van der Waals surface area contributed by atoms with E-state index in [9.17, 15) is 9.59 Å². The first-order valence-electron chi connectivity index (χ1n) is 18.0. The van der Waals surface area contributed by atoms with Crippen LogP contribution >= 0.6 is 43.2 Å². The van der Waals surface area contributed by atoms with Gasteiger partial charge in [-0.05, 0) is 93.6 Å². The second kappa shape index (κ2) is 18.8. The summed E-state index contributed by atoms with van der Waals surface area (Å²) >= 11 is 8.74. The third kappa shape index (κ3) is 9.28. The number of carbonyl (C=O) groups excluding carboxylic acids is 2. The van der Waals surface area contributed by atoms with Crippen molar-refractivity contribution in [1.29, 1.82) is 0 Å². The summed E-state index contributed by atoms with van der Waals surface area (Å²) in [5, 5.41) is 0. The molecular weight excluding hydrogens is 724 g/mol. The summed E-state index contributed by atoms with van der Waals surface area (Å²) in [6.45, 7) is 10.2. The standard InChI is InChI=1S/C38H54Br2N2O3S/c1-5-9-13-15-19-27(17-11-7-3)25-41-35(29-21-23-31(39)45-29)33-34(38(41)44)36(30-22-24-32(40)46-30)42(37(33)43)26-28(18-12-8-4)20-16-14-10-6-2/h21-24,27-28H,5-20,25-26H2,1-4H3. The van der Waals surface area contributed by atoms with Crippen molar-refractivity contribution >= 4 is 66.4 Å². The van der Waals surface area contributed by atoms with Gasteiger partial charge in [-0.1, -0.05) is 105 Å². The van der Waals surface area contributed by atoms with E-state index in [1.807, 2.05) is 28.0 Å². The number of thiophene rings is 1. The van der Waals surface area contributed by atoms with E-state index >= 15 is 0 Å². The van der Waals surface area contributed by atoms with Crippen LogP contribution in [-0.2, 0) is 9.59 Å². The second-order valence-electron chi connectivity index (χ2n) is 13.2. The number of hydrogen-bond acceptors (Lipinski definition) is 4. The van der Waals surface area contributed by atoms with Crippen LogP contribution in [0.1, 0.15) is 141 Å². The fourth-order valence-electron chi connectivity index (χ4n) is 7.02. The number of hydrogen-bond donors (Lipinski definition) is 0. The van der Waals surface area contributed by atoms with E-state index in [-0.39, 0.29) is 11.8 Å². The molecule has 4 rings (SSSR count). The van der Waals surface area contributed by atoms with Crippen LogP contribution in [0.5, 0.6) is 0 Å². The third-order valence-corrected chi connectivity index (χ3v) is 11.6. The number of nitrogens with zero attached hydrogens (tertiary/aromatic N) is 2. The second-order valence-corrected chi connectivity index (χ2v) is 16.4. The molecule has 5 nitrogen and oxygen atoms in total. The Labute approximate surface area is 298 Å². The minimum Gasteiger partial charge on any atom is -0.448 e. The lowest BCUT2D eigenvalue weighted by atomic mass is 9.94. The maximum atomic E-state index is 14.7. The lowest BCUT2D eigenvalue weighted by Crippen LogP contribution is -2.34. The number of rotatable bonds is 22. The van der Waals surface area contributed by atoms with Crippen molar-refractivity contribution in [2.24, 2.45) is 11.8 Å². The van der Waals surface area contributed by atoms with Gasteiger partial charge < -0.3 is 14.2 Å². The smallest absolute Gasteiger partial charge is 0.261 e. The fourth-order valence-corrected chi connectivity index (χ4v) is 8.77. The zero-order valence-electron chi connectivity index (χ0n) is 28.5. The molecule has 0 saturated carbocycles. The average Bonchev–Trinajstić information content (AvgIpc) is 3.80. The molecule has 2 aromatic heterocycles. The monoisotopic (exact) mass is 776 g/mol. The van der Waals surface area contributed by atoms with Crippen LogP contribution in [-0.4, -0.2) is 34.7 Å². The van der Waals surface area contributed by atoms with Gasteiger partial charge in [0.1, 0.15) is 5.70 Å². The number of unbranched alkanes of at least 4 members (excludes halogenated alkanes) is 8. The topological polar surface area (TPSA) is 53.8 Å². The molecule has 4 heterocycles. The molecule has 2 atom stereocenters. The molecule has 0 aromatic carbocycles. The minimum absolute atomic E-state index is 0.0593. The Morgan fingerprint density at radius 3 is 1.59 bits per heavy atom. The molecule has 46 heavy (non-hydrogen) atoms. The lowest BCUT2D eigenvalue weighted by molar-refractivity contribution is -0.124. The molecule has 0 bridgehead atoms. The predicted octanol–water partition coefficient (Wildman–Crippen LogP) is 12.2. The van der Waals surface area contributed by atoms with Gasteiger partial charge in [0.05, 0.1) is 25.5 Å². The van der Waals surface area contributed by atoms with Crippen LogP contribution in [0.2, 0.25) is 0 Å². The highest BCUT2D eigenvalue weighted by molar-refractivity contribution is 9.11. The first-order valence-corrected chi connectivity index (χ1v) is 20.4. The van der Waals surface area contributed by atoms with Crippen molar-refractivity contribution in [1.82, 2.24) is 9.80 Å². The number of halogens is 2. The van der Waals surface area contributed by atoms with Crippen LogP contribution in [0.3, 0.4) is 0 Å². The SMILES string of the molecule is CCCCCCC(CCCC)CN1C(=O)C2=C(c3ccc(Br)s3)N(CC(CCCC)CCCCCC)C(=O)C2=C1c1ccc(Br)o1. The van der Waals surface area contributed by atoms with Gasteiger partial charge in [-0.3, -0.25) is 9.59 Å². The molecule has 2 aromatic rings. The Morgan fingerprint density at radius 2 is 1.13 bits per heavy atom. The number of fused-ring (bicyclic) bond motifs is 1. The van der Waals surface area contributed by atoms with Crippen LogP contribution in [0.4, 0.5) is 0 Å². The molecule has 0 fully saturated rings. The summed E-state index contributed by atoms with van der Waals surface area (Å²) < 4.78 is 7.72. The van der Waals surface area contributed by atoms with Gasteiger partial charge in [-0.25, -0.2) is 0 Å². The number of carbonyl (C=O) groups is 2. The Hall–Kier alpha value is -1.64. The van der Waals surface area contributed by atoms with E-state index in [0.717, 1.165) is 65.7 Å². The normalized spacial score (nSPS) is 16.4. The maximum Gasteiger partial charge on any atom is 0.261 e. The van der Waals surface area contributed by atoms with Crippen molar-refractivity contribution in [3.05, 3.63) is 54.5 Å². The van der Waals surface area contributed by atoms with Crippen LogP contribution in [0.25, 0.3) is 11.4 Å². The van der Waals surface area contributed by atoms with Gasteiger partial charge in [-0.15, -0.1) is 11.3 Å². The summed E-state index contributed by atoms with van der Waals surface area (Å²) in [7, 11) is 0. The number of furan rings is 1. The molecule has 254 valence electrons. The molecule has 8 heteroatoms. The van der Waals surface area contributed by atoms with Gasteiger partial charge in [0.15, 0.2) is 10.4 Å². The van der Waals surface area contributed by atoms with Crippen molar-refractivity contribution in [2.75, 3.05) is 13.1 Å². The van der Waals surface area contributed by atoms with Gasteiger partial charge in [0.25, 0.3) is 11.8 Å². The highest BCUT2D eigenvalue weighted by Crippen LogP contribution is 2.49. The summed E-state index contributed by atoms with van der Waals surface area (Å²) in [4.78, 5) is 34.3. The summed E-state index contributed by atoms with van der Waals surface area (Å²) in [5.41, 5.74) is 2.51. The Morgan fingerprint density at radius 1 is 0.630 bits per heavy atom. The van der Waals surface area contributed by atoms with Gasteiger partial charge >= 0.3 is 0 Å². The van der Waals surface area contributed by atoms with E-state index in [4.69, 9.17) is 4.42 Å². The molecule has 2 aliphatic heterocycles. The summed E-state index contributed by atoms with van der Waals surface area (Å²) in [5.74, 6) is 1.23. The van der Waals surface area contributed by atoms with E-state index in [0.29, 0.717) is 52.2 Å². The minimum atomic E-state index is -0.0593. The molecular formula is C38H54Br2N2O3S. The first-order chi connectivity index (χ1) is 22.3. The third-order valence-electron chi connectivity index (χ3n) is 9.54. The lowest BCUT2D eigenvalue weighted by Gasteiger charge is -2.29. The van der Waals surface area contributed by atoms with E-state index < -0.39 is 0 Å². The van der Waals surface area contributed by atoms with Crippen molar-refractivity contribution < 1.29 is 14.0 Å². The molecule has 0 spiro atoms. The average molecular weight is 779 g/mol. The zero-order valence-corrected chi connectivity index (χ0v) is 32.5. The summed E-state index contributed by atoms with van der Waals surface area (Å²) in [6.07, 6.45) is 18.6. The fraction of sp³-hybridized carbons (Fsp3) is 0.632. The number of amides is 2. The quantitative estimate of drug-likeness (QED) is 0.112. The van der Waals surface area contributed by atoms with Gasteiger partial charge in [-0.2, -0.15) is 0 Å². The Kier molecular flexibility index (Phi) is 15.2. The predicted molar refractivity (Wildman–Crippen MR) is 199 cm³/mol. The Bertz CT molecular complexity index is 1260. The molecule has 0 aliphatic carbocycles. The van der Waals surface area contributed by atoms with E-state index in [1.54, 1.807) is 11.3 Å². The Balaban J connectivity index is 1.77. The van der Waals surface area contributed by atoms with Gasteiger partial charge in [0.2, 0.25) is 0 Å². The molecule has 2 unspecified atom stereocenters.